The Labute approximate surface area is 62.4 Å². The molecule has 0 aromatic heterocycles. The molecule has 66 valence electrons. The number of halogens is 7. The summed E-state index contributed by atoms with van der Waals surface area (Å²) in [5.41, 5.74) is 0. The molecule has 0 fully saturated rings. The van der Waals surface area contributed by atoms with Crippen molar-refractivity contribution in [2.45, 2.75) is 12.6 Å². The van der Waals surface area contributed by atoms with Gasteiger partial charge in [0.15, 0.2) is 10.9 Å². The van der Waals surface area contributed by atoms with Gasteiger partial charge < -0.3 is 0 Å². The molecular formula is C4HClF6. The van der Waals surface area contributed by atoms with Gasteiger partial charge in [-0.3, -0.25) is 0 Å². The summed E-state index contributed by atoms with van der Waals surface area (Å²) in [6.45, 7) is 0. The van der Waals surface area contributed by atoms with Crippen LogP contribution in [-0.2, 0) is 0 Å². The third-order valence-electron chi connectivity index (χ3n) is 0.650. The summed E-state index contributed by atoms with van der Waals surface area (Å²) in [5, 5.41) is -2.41. The SMILES string of the molecule is F/C(=C(/Cl)C(F)(F)F)C(F)F. The standard InChI is InChI=1S/C4HClF6/c5-2(4(9,10)11)1(6)3(7)8/h3H/b2-1+. The van der Waals surface area contributed by atoms with Crippen molar-refractivity contribution in [3.8, 4) is 0 Å². The lowest BCUT2D eigenvalue weighted by Gasteiger charge is -2.04. The molecule has 0 aliphatic carbocycles. The first-order valence-electron chi connectivity index (χ1n) is 2.17. The Balaban J connectivity index is 4.67. The molecule has 0 aliphatic heterocycles. The van der Waals surface area contributed by atoms with E-state index < -0.39 is 23.5 Å². The highest BCUT2D eigenvalue weighted by atomic mass is 35.5. The molecule has 0 aliphatic rings. The average molecular weight is 198 g/mol. The number of alkyl halides is 5. The Morgan fingerprint density at radius 1 is 1.18 bits per heavy atom. The fourth-order valence-electron chi connectivity index (χ4n) is 0.231. The van der Waals surface area contributed by atoms with Crippen molar-refractivity contribution in [3.05, 3.63) is 10.9 Å². The van der Waals surface area contributed by atoms with Crippen LogP contribution < -0.4 is 0 Å². The molecule has 0 radical (unpaired) electrons. The molecule has 0 nitrogen and oxygen atoms in total. The molecule has 0 heterocycles. The number of allylic oxidation sites excluding steroid dienone is 2. The molecule has 0 N–H and O–H groups in total. The van der Waals surface area contributed by atoms with Crippen LogP contribution in [0.25, 0.3) is 0 Å². The van der Waals surface area contributed by atoms with Gasteiger partial charge in [0.2, 0.25) is 0 Å². The fourth-order valence-corrected chi connectivity index (χ4v) is 0.314. The topological polar surface area (TPSA) is 0 Å². The minimum absolute atomic E-state index is 2.41. The second-order valence-electron chi connectivity index (χ2n) is 1.46. The van der Waals surface area contributed by atoms with Crippen LogP contribution >= 0.6 is 11.6 Å². The van der Waals surface area contributed by atoms with Crippen LogP contribution in [0.5, 0.6) is 0 Å². The molecule has 7 heteroatoms. The molecule has 0 aromatic rings. The highest BCUT2D eigenvalue weighted by Crippen LogP contribution is 2.33. The van der Waals surface area contributed by atoms with E-state index in [2.05, 4.69) is 11.6 Å². The van der Waals surface area contributed by atoms with Crippen molar-refractivity contribution in [2.75, 3.05) is 0 Å². The average Bonchev–Trinajstić information content (AvgIpc) is 1.82. The van der Waals surface area contributed by atoms with E-state index in [0.29, 0.717) is 0 Å². The molecule has 0 unspecified atom stereocenters. The molecule has 0 atom stereocenters. The van der Waals surface area contributed by atoms with Crippen LogP contribution in [0.4, 0.5) is 26.3 Å². The molecule has 0 rings (SSSR count). The molecule has 0 spiro atoms. The maximum atomic E-state index is 11.7. The summed E-state index contributed by atoms with van der Waals surface area (Å²) >= 11 is 4.20. The van der Waals surface area contributed by atoms with Crippen molar-refractivity contribution in [1.82, 2.24) is 0 Å². The Hall–Kier alpha value is -0.390. The van der Waals surface area contributed by atoms with Gasteiger partial charge in [0.1, 0.15) is 0 Å². The van der Waals surface area contributed by atoms with Crippen molar-refractivity contribution in [1.29, 1.82) is 0 Å². The summed E-state index contributed by atoms with van der Waals surface area (Å²) in [6.07, 6.45) is -9.08. The van der Waals surface area contributed by atoms with Gasteiger partial charge in [-0.25, -0.2) is 13.2 Å². The maximum absolute atomic E-state index is 11.7. The van der Waals surface area contributed by atoms with Gasteiger partial charge >= 0.3 is 6.18 Å². The van der Waals surface area contributed by atoms with Gasteiger partial charge in [-0.05, 0) is 0 Å². The van der Waals surface area contributed by atoms with Crippen LogP contribution in [0.3, 0.4) is 0 Å². The van der Waals surface area contributed by atoms with Crippen LogP contribution in [0, 0.1) is 0 Å². The smallest absolute Gasteiger partial charge is 0.204 e. The molecule has 0 aromatic carbocycles. The lowest BCUT2D eigenvalue weighted by atomic mass is 10.4. The summed E-state index contributed by atoms with van der Waals surface area (Å²) in [4.78, 5) is 0. The van der Waals surface area contributed by atoms with E-state index in [4.69, 9.17) is 0 Å². The van der Waals surface area contributed by atoms with E-state index in [1.165, 1.54) is 0 Å². The predicted octanol–water partition coefficient (Wildman–Crippen LogP) is 3.23. The van der Waals surface area contributed by atoms with Gasteiger partial charge in [-0.2, -0.15) is 13.2 Å². The van der Waals surface area contributed by atoms with Crippen molar-refractivity contribution in [2.24, 2.45) is 0 Å². The first-order valence-corrected chi connectivity index (χ1v) is 2.55. The fraction of sp³-hybridized carbons (Fsp3) is 0.500. The van der Waals surface area contributed by atoms with Crippen LogP contribution in [-0.4, -0.2) is 12.6 Å². The van der Waals surface area contributed by atoms with Crippen LogP contribution in [0.1, 0.15) is 0 Å². The third kappa shape index (κ3) is 3.00. The normalized spacial score (nSPS) is 15.3. The minimum atomic E-state index is -5.25. The summed E-state index contributed by atoms with van der Waals surface area (Å²) in [6, 6.07) is 0. The first kappa shape index (κ1) is 10.6. The van der Waals surface area contributed by atoms with Gasteiger partial charge in [0.25, 0.3) is 6.43 Å². The first-order chi connectivity index (χ1) is 4.76. The molecule has 11 heavy (non-hydrogen) atoms. The van der Waals surface area contributed by atoms with Gasteiger partial charge in [-0.15, -0.1) is 0 Å². The molecular weight excluding hydrogens is 197 g/mol. The van der Waals surface area contributed by atoms with E-state index in [1.807, 2.05) is 0 Å². The maximum Gasteiger partial charge on any atom is 0.429 e. The van der Waals surface area contributed by atoms with Crippen molar-refractivity contribution in [3.63, 3.8) is 0 Å². The molecule has 0 saturated heterocycles. The largest absolute Gasteiger partial charge is 0.429 e. The zero-order valence-electron chi connectivity index (χ0n) is 4.72. The summed E-state index contributed by atoms with van der Waals surface area (Å²) in [7, 11) is 0. The second kappa shape index (κ2) is 3.34. The second-order valence-corrected chi connectivity index (χ2v) is 1.84. The zero-order valence-corrected chi connectivity index (χ0v) is 5.48. The Kier molecular flexibility index (Phi) is 3.22. The lowest BCUT2D eigenvalue weighted by molar-refractivity contribution is -0.0879. The Morgan fingerprint density at radius 2 is 1.55 bits per heavy atom. The number of hydrogen-bond acceptors (Lipinski definition) is 0. The quantitative estimate of drug-likeness (QED) is 0.568. The number of hydrogen-bond donors (Lipinski definition) is 0. The Morgan fingerprint density at radius 3 is 1.64 bits per heavy atom. The highest BCUT2D eigenvalue weighted by Gasteiger charge is 2.38. The lowest BCUT2D eigenvalue weighted by Crippen LogP contribution is -2.11. The molecule has 0 saturated carbocycles. The Bertz CT molecular complexity index is 168. The van der Waals surface area contributed by atoms with E-state index in [-0.39, 0.29) is 0 Å². The third-order valence-corrected chi connectivity index (χ3v) is 1.04. The van der Waals surface area contributed by atoms with E-state index in [0.717, 1.165) is 0 Å². The minimum Gasteiger partial charge on any atom is -0.204 e. The van der Waals surface area contributed by atoms with Gasteiger partial charge in [-0.1, -0.05) is 11.6 Å². The van der Waals surface area contributed by atoms with Crippen LogP contribution in [0.15, 0.2) is 10.9 Å². The summed E-state index contributed by atoms with van der Waals surface area (Å²) < 4.78 is 68.0. The van der Waals surface area contributed by atoms with E-state index >= 15 is 0 Å². The van der Waals surface area contributed by atoms with Gasteiger partial charge in [0.05, 0.1) is 0 Å². The molecule has 0 bridgehead atoms. The van der Waals surface area contributed by atoms with Crippen molar-refractivity contribution < 1.29 is 26.3 Å². The van der Waals surface area contributed by atoms with E-state index in [9.17, 15) is 26.3 Å². The van der Waals surface area contributed by atoms with Crippen LogP contribution in [0.2, 0.25) is 0 Å². The predicted molar refractivity (Wildman–Crippen MR) is 26.0 cm³/mol. The van der Waals surface area contributed by atoms with E-state index in [1.54, 1.807) is 0 Å². The highest BCUT2D eigenvalue weighted by molar-refractivity contribution is 6.30. The number of rotatable bonds is 1. The summed E-state index contributed by atoms with van der Waals surface area (Å²) in [5.74, 6) is -2.65. The van der Waals surface area contributed by atoms with Gasteiger partial charge in [0, 0.05) is 0 Å². The molecule has 0 amide bonds. The monoisotopic (exact) mass is 198 g/mol. The zero-order chi connectivity index (χ0) is 9.23. The van der Waals surface area contributed by atoms with Crippen molar-refractivity contribution >= 4 is 11.6 Å².